The monoisotopic (exact) mass is 227 g/mol. The van der Waals surface area contributed by atoms with Gasteiger partial charge in [-0.3, -0.25) is 14.5 Å². The molecule has 0 aromatic heterocycles. The lowest BCUT2D eigenvalue weighted by molar-refractivity contribution is -0.139. The molecule has 0 saturated carbocycles. The van der Waals surface area contributed by atoms with Crippen molar-refractivity contribution in [3.05, 3.63) is 0 Å². The zero-order valence-electron chi connectivity index (χ0n) is 10.2. The van der Waals surface area contributed by atoms with E-state index in [1.807, 2.05) is 0 Å². The lowest BCUT2D eigenvalue weighted by atomic mass is 10.1. The van der Waals surface area contributed by atoms with Crippen LogP contribution < -0.4 is 0 Å². The van der Waals surface area contributed by atoms with Crippen LogP contribution in [0.25, 0.3) is 0 Å². The molecule has 0 N–H and O–H groups in total. The average molecular weight is 227 g/mol. The summed E-state index contributed by atoms with van der Waals surface area (Å²) in [5.41, 5.74) is 0. The predicted molar refractivity (Wildman–Crippen MR) is 60.8 cm³/mol. The first kappa shape index (κ1) is 13.2. The summed E-state index contributed by atoms with van der Waals surface area (Å²) in [5.74, 6) is 0.580. The van der Waals surface area contributed by atoms with Crippen LogP contribution in [0.5, 0.6) is 0 Å². The third-order valence-electron chi connectivity index (χ3n) is 2.68. The Balaban J connectivity index is 2.03. The second kappa shape index (κ2) is 6.63. The molecule has 0 unspecified atom stereocenters. The van der Waals surface area contributed by atoms with E-state index in [1.165, 1.54) is 4.90 Å². The van der Waals surface area contributed by atoms with Gasteiger partial charge in [0.2, 0.25) is 11.8 Å². The molecule has 1 fully saturated rings. The summed E-state index contributed by atoms with van der Waals surface area (Å²) in [7, 11) is 0. The Bertz CT molecular complexity index is 235. The smallest absolute Gasteiger partial charge is 0.229 e. The van der Waals surface area contributed by atoms with Crippen LogP contribution in [-0.4, -0.2) is 36.5 Å². The number of carbonyl (C=O) groups excluding carboxylic acids is 2. The Kier molecular flexibility index (Phi) is 5.46. The van der Waals surface area contributed by atoms with Gasteiger partial charge in [-0.25, -0.2) is 0 Å². The van der Waals surface area contributed by atoms with Crippen molar-refractivity contribution in [3.8, 4) is 0 Å². The Morgan fingerprint density at radius 1 is 1.19 bits per heavy atom. The number of ether oxygens (including phenoxy) is 1. The van der Waals surface area contributed by atoms with Crippen molar-refractivity contribution in [2.45, 2.75) is 39.5 Å². The van der Waals surface area contributed by atoms with Gasteiger partial charge in [0.1, 0.15) is 0 Å². The van der Waals surface area contributed by atoms with Gasteiger partial charge in [-0.2, -0.15) is 0 Å². The number of nitrogens with zero attached hydrogens (tertiary/aromatic N) is 1. The van der Waals surface area contributed by atoms with E-state index < -0.39 is 0 Å². The number of amides is 2. The molecule has 4 nitrogen and oxygen atoms in total. The number of hydrogen-bond donors (Lipinski definition) is 0. The van der Waals surface area contributed by atoms with Crippen LogP contribution in [0.1, 0.15) is 39.5 Å². The summed E-state index contributed by atoms with van der Waals surface area (Å²) < 4.78 is 5.40. The molecule has 16 heavy (non-hydrogen) atoms. The molecule has 4 heteroatoms. The molecule has 0 spiro atoms. The predicted octanol–water partition coefficient (Wildman–Crippen LogP) is 1.59. The fraction of sp³-hybridized carbons (Fsp3) is 0.833. The topological polar surface area (TPSA) is 46.6 Å². The Morgan fingerprint density at radius 2 is 1.81 bits per heavy atom. The van der Waals surface area contributed by atoms with E-state index in [0.717, 1.165) is 12.8 Å². The fourth-order valence-electron chi connectivity index (χ4n) is 1.72. The van der Waals surface area contributed by atoms with Crippen molar-refractivity contribution in [2.75, 3.05) is 19.8 Å². The van der Waals surface area contributed by atoms with Gasteiger partial charge in [-0.1, -0.05) is 13.8 Å². The molecule has 1 aliphatic rings. The molecule has 1 rings (SSSR count). The molecule has 0 atom stereocenters. The van der Waals surface area contributed by atoms with Gasteiger partial charge in [0.25, 0.3) is 0 Å². The van der Waals surface area contributed by atoms with Crippen molar-refractivity contribution in [1.29, 1.82) is 0 Å². The van der Waals surface area contributed by atoms with Gasteiger partial charge in [-0.15, -0.1) is 0 Å². The Labute approximate surface area is 96.9 Å². The SMILES string of the molecule is CC(C)CCCOCCN1C(=O)CCC1=O. The standard InChI is InChI=1S/C12H21NO3/c1-10(2)4-3-8-16-9-7-13-11(14)5-6-12(13)15/h10H,3-9H2,1-2H3. The molecule has 1 saturated heterocycles. The lowest BCUT2D eigenvalue weighted by Gasteiger charge is -2.13. The van der Waals surface area contributed by atoms with Crippen LogP contribution in [0, 0.1) is 5.92 Å². The maximum atomic E-state index is 11.2. The molecule has 0 aliphatic carbocycles. The lowest BCUT2D eigenvalue weighted by Crippen LogP contribution is -2.32. The van der Waals surface area contributed by atoms with Gasteiger partial charge >= 0.3 is 0 Å². The number of likely N-dealkylation sites (tertiary alicyclic amines) is 1. The van der Waals surface area contributed by atoms with Gasteiger partial charge in [-0.05, 0) is 18.8 Å². The second-order valence-electron chi connectivity index (χ2n) is 4.59. The molecule has 1 aliphatic heterocycles. The zero-order valence-corrected chi connectivity index (χ0v) is 10.2. The maximum Gasteiger partial charge on any atom is 0.229 e. The van der Waals surface area contributed by atoms with E-state index in [9.17, 15) is 9.59 Å². The molecular weight excluding hydrogens is 206 g/mol. The Morgan fingerprint density at radius 3 is 2.38 bits per heavy atom. The van der Waals surface area contributed by atoms with Crippen molar-refractivity contribution < 1.29 is 14.3 Å². The average Bonchev–Trinajstić information content (AvgIpc) is 2.53. The molecule has 1 heterocycles. The number of rotatable bonds is 7. The molecule has 92 valence electrons. The Hall–Kier alpha value is -0.900. The summed E-state index contributed by atoms with van der Waals surface area (Å²) in [6.07, 6.45) is 2.93. The van der Waals surface area contributed by atoms with Crippen LogP contribution in [0.15, 0.2) is 0 Å². The highest BCUT2D eigenvalue weighted by Gasteiger charge is 2.27. The normalized spacial score (nSPS) is 16.6. The van der Waals surface area contributed by atoms with Crippen molar-refractivity contribution in [1.82, 2.24) is 4.90 Å². The molecule has 0 aromatic carbocycles. The minimum Gasteiger partial charge on any atom is -0.380 e. The van der Waals surface area contributed by atoms with Gasteiger partial charge < -0.3 is 4.74 Å². The first-order chi connectivity index (χ1) is 7.61. The summed E-state index contributed by atoms with van der Waals surface area (Å²) in [4.78, 5) is 23.8. The molecule has 0 aromatic rings. The fourth-order valence-corrected chi connectivity index (χ4v) is 1.72. The van der Waals surface area contributed by atoms with Crippen LogP contribution in [0.2, 0.25) is 0 Å². The second-order valence-corrected chi connectivity index (χ2v) is 4.59. The highest BCUT2D eigenvalue weighted by molar-refractivity contribution is 6.01. The highest BCUT2D eigenvalue weighted by atomic mass is 16.5. The van der Waals surface area contributed by atoms with Gasteiger partial charge in [0.05, 0.1) is 13.2 Å². The third kappa shape index (κ3) is 4.31. The summed E-state index contributed by atoms with van der Waals surface area (Å²) in [6.45, 7) is 5.96. The van der Waals surface area contributed by atoms with E-state index in [1.54, 1.807) is 0 Å². The molecular formula is C12H21NO3. The quantitative estimate of drug-likeness (QED) is 0.490. The summed E-state index contributed by atoms with van der Waals surface area (Å²) in [5, 5.41) is 0. The summed E-state index contributed by atoms with van der Waals surface area (Å²) >= 11 is 0. The maximum absolute atomic E-state index is 11.2. The van der Waals surface area contributed by atoms with Gasteiger partial charge in [0, 0.05) is 19.4 Å². The zero-order chi connectivity index (χ0) is 12.0. The highest BCUT2D eigenvalue weighted by Crippen LogP contribution is 2.10. The molecule has 0 radical (unpaired) electrons. The molecule has 2 amide bonds. The van der Waals surface area contributed by atoms with Crippen LogP contribution >= 0.6 is 0 Å². The van der Waals surface area contributed by atoms with Gasteiger partial charge in [0.15, 0.2) is 0 Å². The minimum atomic E-state index is -0.0595. The van der Waals surface area contributed by atoms with Crippen LogP contribution in [0.4, 0.5) is 0 Å². The van der Waals surface area contributed by atoms with E-state index in [-0.39, 0.29) is 11.8 Å². The van der Waals surface area contributed by atoms with E-state index in [2.05, 4.69) is 13.8 Å². The third-order valence-corrected chi connectivity index (χ3v) is 2.68. The van der Waals surface area contributed by atoms with E-state index in [0.29, 0.717) is 38.5 Å². The largest absolute Gasteiger partial charge is 0.380 e. The van der Waals surface area contributed by atoms with E-state index >= 15 is 0 Å². The first-order valence-corrected chi connectivity index (χ1v) is 6.02. The summed E-state index contributed by atoms with van der Waals surface area (Å²) in [6, 6.07) is 0. The van der Waals surface area contributed by atoms with Crippen molar-refractivity contribution in [3.63, 3.8) is 0 Å². The van der Waals surface area contributed by atoms with Crippen LogP contribution in [0.3, 0.4) is 0 Å². The van der Waals surface area contributed by atoms with E-state index in [4.69, 9.17) is 4.74 Å². The number of hydrogen-bond acceptors (Lipinski definition) is 3. The van der Waals surface area contributed by atoms with Crippen LogP contribution in [-0.2, 0) is 14.3 Å². The molecule has 0 bridgehead atoms. The van der Waals surface area contributed by atoms with Crippen molar-refractivity contribution in [2.24, 2.45) is 5.92 Å². The van der Waals surface area contributed by atoms with Crippen molar-refractivity contribution >= 4 is 11.8 Å². The number of imide groups is 1. The first-order valence-electron chi connectivity index (χ1n) is 6.02. The number of carbonyl (C=O) groups is 2. The minimum absolute atomic E-state index is 0.0595.